The topological polar surface area (TPSA) is 94.0 Å². The first-order valence-corrected chi connectivity index (χ1v) is 7.29. The van der Waals surface area contributed by atoms with Crippen molar-refractivity contribution >= 4 is 17.0 Å². The van der Waals surface area contributed by atoms with Crippen LogP contribution >= 0.6 is 0 Å². The fourth-order valence-corrected chi connectivity index (χ4v) is 2.24. The summed E-state index contributed by atoms with van der Waals surface area (Å²) in [6.07, 6.45) is 1.77. The first kappa shape index (κ1) is 15.4. The second kappa shape index (κ2) is 6.67. The molecule has 21 heavy (non-hydrogen) atoms. The predicted molar refractivity (Wildman–Crippen MR) is 81.3 cm³/mol. The molecule has 0 unspecified atom stereocenters. The Kier molecular flexibility index (Phi) is 4.90. The van der Waals surface area contributed by atoms with Crippen LogP contribution < -0.4 is 11.1 Å². The number of hydrogen-bond acceptors (Lipinski definition) is 5. The monoisotopic (exact) mass is 290 g/mol. The molecule has 0 aliphatic carbocycles. The Hall–Kier alpha value is -1.95. The average Bonchev–Trinajstić information content (AvgIpc) is 2.86. The van der Waals surface area contributed by atoms with Crippen LogP contribution in [0.15, 0.2) is 10.6 Å². The third kappa shape index (κ3) is 3.39. The summed E-state index contributed by atoms with van der Waals surface area (Å²) < 4.78 is 5.27. The summed E-state index contributed by atoms with van der Waals surface area (Å²) in [5, 5.41) is 7.69. The quantitative estimate of drug-likeness (QED) is 0.795. The van der Waals surface area contributed by atoms with E-state index < -0.39 is 0 Å². The van der Waals surface area contributed by atoms with Gasteiger partial charge in [-0.2, -0.15) is 0 Å². The van der Waals surface area contributed by atoms with Crippen molar-refractivity contribution in [3.63, 3.8) is 0 Å². The van der Waals surface area contributed by atoms with Crippen LogP contribution in [0, 0.1) is 6.92 Å². The Morgan fingerprint density at radius 3 is 2.86 bits per heavy atom. The second-order valence-electron chi connectivity index (χ2n) is 5.47. The van der Waals surface area contributed by atoms with E-state index in [-0.39, 0.29) is 11.8 Å². The lowest BCUT2D eigenvalue weighted by Crippen LogP contribution is -2.25. The van der Waals surface area contributed by atoms with Gasteiger partial charge in [-0.1, -0.05) is 19.0 Å². The molecule has 0 bridgehead atoms. The molecule has 0 saturated heterocycles. The maximum absolute atomic E-state index is 12.4. The summed E-state index contributed by atoms with van der Waals surface area (Å²) in [7, 11) is 0. The van der Waals surface area contributed by atoms with Crippen molar-refractivity contribution in [1.82, 2.24) is 15.5 Å². The number of carbonyl (C=O) groups is 1. The fourth-order valence-electron chi connectivity index (χ4n) is 2.24. The van der Waals surface area contributed by atoms with Gasteiger partial charge in [-0.05, 0) is 38.3 Å². The minimum Gasteiger partial charge on any atom is -0.352 e. The summed E-state index contributed by atoms with van der Waals surface area (Å²) in [5.74, 6) is 0.0483. The summed E-state index contributed by atoms with van der Waals surface area (Å²) >= 11 is 0. The van der Waals surface area contributed by atoms with Crippen molar-refractivity contribution < 1.29 is 9.32 Å². The zero-order chi connectivity index (χ0) is 15.4. The fraction of sp³-hybridized carbons (Fsp3) is 0.533. The molecule has 114 valence electrons. The molecule has 1 amide bonds. The van der Waals surface area contributed by atoms with E-state index in [9.17, 15) is 4.79 Å². The maximum atomic E-state index is 12.4. The summed E-state index contributed by atoms with van der Waals surface area (Å²) in [6, 6.07) is 1.78. The molecule has 0 aliphatic rings. The molecule has 0 aliphatic heterocycles. The van der Waals surface area contributed by atoms with Gasteiger partial charge < -0.3 is 15.6 Å². The van der Waals surface area contributed by atoms with Gasteiger partial charge in [0.05, 0.1) is 16.6 Å². The SMILES string of the molecule is Cc1cc(C(=O)NCCCCN)c2c(C(C)C)noc2n1. The number of pyridine rings is 1. The first-order chi connectivity index (χ1) is 10.0. The molecule has 2 rings (SSSR count). The van der Waals surface area contributed by atoms with Crippen molar-refractivity contribution in [2.45, 2.75) is 39.5 Å². The summed E-state index contributed by atoms with van der Waals surface area (Å²) in [5.41, 5.74) is 7.95. The lowest BCUT2D eigenvalue weighted by molar-refractivity contribution is 0.0954. The Labute approximate surface area is 124 Å². The molecule has 0 fully saturated rings. The lowest BCUT2D eigenvalue weighted by Gasteiger charge is -2.08. The number of aryl methyl sites for hydroxylation is 1. The maximum Gasteiger partial charge on any atom is 0.259 e. The van der Waals surface area contributed by atoms with Crippen LogP contribution in [0.2, 0.25) is 0 Å². The number of fused-ring (bicyclic) bond motifs is 1. The molecular formula is C15H22N4O2. The number of nitrogens with zero attached hydrogens (tertiary/aromatic N) is 2. The molecule has 0 spiro atoms. The van der Waals surface area contributed by atoms with Gasteiger partial charge >= 0.3 is 0 Å². The molecule has 0 radical (unpaired) electrons. The van der Waals surface area contributed by atoms with E-state index in [1.165, 1.54) is 0 Å². The molecule has 2 aromatic heterocycles. The molecule has 2 heterocycles. The number of nitrogens with one attached hydrogen (secondary N) is 1. The smallest absolute Gasteiger partial charge is 0.259 e. The van der Waals surface area contributed by atoms with Gasteiger partial charge in [0.1, 0.15) is 0 Å². The largest absolute Gasteiger partial charge is 0.352 e. The number of amides is 1. The van der Waals surface area contributed by atoms with Crippen LogP contribution in [0.1, 0.15) is 54.4 Å². The Balaban J connectivity index is 2.32. The standard InChI is InChI=1S/C15H22N4O2/c1-9(2)13-12-11(14(20)17-7-5-4-6-16)8-10(3)18-15(12)21-19-13/h8-9H,4-7,16H2,1-3H3,(H,17,20). The third-order valence-electron chi connectivity index (χ3n) is 3.31. The zero-order valence-electron chi connectivity index (χ0n) is 12.8. The van der Waals surface area contributed by atoms with Crippen LogP contribution in [-0.4, -0.2) is 29.1 Å². The number of carbonyl (C=O) groups excluding carboxylic acids is 1. The molecular weight excluding hydrogens is 268 g/mol. The van der Waals surface area contributed by atoms with E-state index in [1.807, 2.05) is 20.8 Å². The van der Waals surface area contributed by atoms with Crippen LogP contribution in [0.4, 0.5) is 0 Å². The molecule has 2 aromatic rings. The lowest BCUT2D eigenvalue weighted by atomic mass is 10.0. The summed E-state index contributed by atoms with van der Waals surface area (Å²) in [6.45, 7) is 7.11. The number of nitrogens with two attached hydrogens (primary N) is 1. The van der Waals surface area contributed by atoms with Crippen molar-refractivity contribution in [2.75, 3.05) is 13.1 Å². The molecule has 0 saturated carbocycles. The highest BCUT2D eigenvalue weighted by molar-refractivity contribution is 6.06. The molecule has 0 atom stereocenters. The van der Waals surface area contributed by atoms with Crippen molar-refractivity contribution in [1.29, 1.82) is 0 Å². The van der Waals surface area contributed by atoms with Gasteiger partial charge in [0.15, 0.2) is 0 Å². The Bertz CT molecular complexity index is 634. The number of rotatable bonds is 6. The van der Waals surface area contributed by atoms with Crippen LogP contribution in [0.25, 0.3) is 11.1 Å². The van der Waals surface area contributed by atoms with E-state index in [2.05, 4.69) is 15.5 Å². The third-order valence-corrected chi connectivity index (χ3v) is 3.31. The normalized spacial score (nSPS) is 11.3. The minimum atomic E-state index is -0.118. The minimum absolute atomic E-state index is 0.118. The van der Waals surface area contributed by atoms with E-state index in [0.29, 0.717) is 29.8 Å². The van der Waals surface area contributed by atoms with E-state index in [4.69, 9.17) is 10.3 Å². The Morgan fingerprint density at radius 2 is 2.19 bits per heavy atom. The summed E-state index contributed by atoms with van der Waals surface area (Å²) in [4.78, 5) is 16.7. The van der Waals surface area contributed by atoms with E-state index in [1.54, 1.807) is 6.07 Å². The number of aromatic nitrogens is 2. The second-order valence-corrected chi connectivity index (χ2v) is 5.47. The van der Waals surface area contributed by atoms with Gasteiger partial charge in [-0.15, -0.1) is 0 Å². The number of unbranched alkanes of at least 4 members (excludes halogenated alkanes) is 1. The van der Waals surface area contributed by atoms with Crippen LogP contribution in [0.5, 0.6) is 0 Å². The van der Waals surface area contributed by atoms with Crippen molar-refractivity contribution in [2.24, 2.45) is 5.73 Å². The van der Waals surface area contributed by atoms with E-state index >= 15 is 0 Å². The predicted octanol–water partition coefficient (Wildman–Crippen LogP) is 2.12. The average molecular weight is 290 g/mol. The molecule has 3 N–H and O–H groups in total. The molecule has 0 aromatic carbocycles. The van der Waals surface area contributed by atoms with E-state index in [0.717, 1.165) is 24.2 Å². The Morgan fingerprint density at radius 1 is 1.43 bits per heavy atom. The van der Waals surface area contributed by atoms with Crippen LogP contribution in [0.3, 0.4) is 0 Å². The molecule has 6 nitrogen and oxygen atoms in total. The van der Waals surface area contributed by atoms with Gasteiger partial charge in [-0.25, -0.2) is 4.98 Å². The van der Waals surface area contributed by atoms with Crippen molar-refractivity contribution in [3.05, 3.63) is 23.0 Å². The van der Waals surface area contributed by atoms with Crippen molar-refractivity contribution in [3.8, 4) is 0 Å². The number of hydrogen-bond donors (Lipinski definition) is 2. The van der Waals surface area contributed by atoms with Crippen LogP contribution in [-0.2, 0) is 0 Å². The van der Waals surface area contributed by atoms with Gasteiger partial charge in [0, 0.05) is 12.2 Å². The zero-order valence-corrected chi connectivity index (χ0v) is 12.8. The highest BCUT2D eigenvalue weighted by Crippen LogP contribution is 2.27. The highest BCUT2D eigenvalue weighted by atomic mass is 16.5. The van der Waals surface area contributed by atoms with Gasteiger partial charge in [-0.3, -0.25) is 4.79 Å². The molecule has 6 heteroatoms. The highest BCUT2D eigenvalue weighted by Gasteiger charge is 2.21. The van der Waals surface area contributed by atoms with Gasteiger partial charge in [0.25, 0.3) is 11.6 Å². The first-order valence-electron chi connectivity index (χ1n) is 7.29. The van der Waals surface area contributed by atoms with Gasteiger partial charge in [0.2, 0.25) is 0 Å².